The van der Waals surface area contributed by atoms with Gasteiger partial charge in [-0.15, -0.1) is 0 Å². The molecule has 5 heteroatoms. The third-order valence-corrected chi connectivity index (χ3v) is 6.02. The number of benzene rings is 2. The van der Waals surface area contributed by atoms with E-state index in [1.54, 1.807) is 6.20 Å². The fraction of sp³-hybridized carbons (Fsp3) is 0.308. The molecule has 0 aliphatic carbocycles. The van der Waals surface area contributed by atoms with Crippen molar-refractivity contribution in [2.24, 2.45) is 0 Å². The van der Waals surface area contributed by atoms with Crippen LogP contribution in [0.1, 0.15) is 39.4 Å². The van der Waals surface area contributed by atoms with Crippen molar-refractivity contribution in [3.05, 3.63) is 88.2 Å². The molecule has 31 heavy (non-hydrogen) atoms. The molecule has 0 saturated heterocycles. The summed E-state index contributed by atoms with van der Waals surface area (Å²) in [4.78, 5) is 17.8. The van der Waals surface area contributed by atoms with Gasteiger partial charge >= 0.3 is 0 Å². The Morgan fingerprint density at radius 1 is 1.19 bits per heavy atom. The number of likely N-dealkylation sites (N-methyl/N-ethyl adjacent to an activating group) is 1. The third-order valence-electron chi connectivity index (χ3n) is 6.02. The highest BCUT2D eigenvalue weighted by Crippen LogP contribution is 2.40. The Kier molecular flexibility index (Phi) is 6.33. The van der Waals surface area contributed by atoms with Gasteiger partial charge in [-0.3, -0.25) is 14.7 Å². The van der Waals surface area contributed by atoms with Gasteiger partial charge < -0.3 is 10.1 Å². The van der Waals surface area contributed by atoms with Gasteiger partial charge in [-0.05, 0) is 73.3 Å². The molecule has 0 bridgehead atoms. The molecule has 1 aliphatic rings. The number of nitrogens with one attached hydrogen (secondary N) is 1. The largest absolute Gasteiger partial charge is 0.491 e. The average molecular weight is 416 g/mol. The fourth-order valence-corrected chi connectivity index (χ4v) is 4.43. The number of hydrogen-bond acceptors (Lipinski definition) is 4. The van der Waals surface area contributed by atoms with Crippen molar-refractivity contribution in [2.45, 2.75) is 32.7 Å². The summed E-state index contributed by atoms with van der Waals surface area (Å²) in [5, 5.41) is 2.83. The number of ether oxygens (including phenoxy) is 1. The van der Waals surface area contributed by atoms with Crippen LogP contribution in [0, 0.1) is 13.8 Å². The molecule has 160 valence electrons. The van der Waals surface area contributed by atoms with E-state index in [2.05, 4.69) is 66.4 Å². The van der Waals surface area contributed by atoms with Gasteiger partial charge in [-0.1, -0.05) is 29.8 Å². The van der Waals surface area contributed by atoms with E-state index in [9.17, 15) is 4.79 Å². The lowest BCUT2D eigenvalue weighted by Gasteiger charge is -2.36. The van der Waals surface area contributed by atoms with Crippen LogP contribution in [0.5, 0.6) is 5.75 Å². The summed E-state index contributed by atoms with van der Waals surface area (Å²) in [6.45, 7) is 5.79. The summed E-state index contributed by atoms with van der Waals surface area (Å²) in [6, 6.07) is 15.0. The molecule has 1 aromatic heterocycles. The van der Waals surface area contributed by atoms with Crippen LogP contribution in [0.15, 0.2) is 54.9 Å². The Balaban J connectivity index is 1.67. The molecule has 2 aromatic carbocycles. The average Bonchev–Trinajstić information content (AvgIpc) is 2.76. The number of amides is 1. The van der Waals surface area contributed by atoms with E-state index < -0.39 is 0 Å². The Morgan fingerprint density at radius 3 is 2.81 bits per heavy atom. The molecule has 5 nitrogen and oxygen atoms in total. The highest BCUT2D eigenvalue weighted by molar-refractivity contribution is 5.76. The molecule has 3 aromatic rings. The Hall–Kier alpha value is -3.18. The van der Waals surface area contributed by atoms with E-state index in [0.717, 1.165) is 30.6 Å². The van der Waals surface area contributed by atoms with E-state index in [1.807, 2.05) is 18.3 Å². The number of fused-ring (bicyclic) bond motifs is 1. The third kappa shape index (κ3) is 4.62. The van der Waals surface area contributed by atoms with E-state index in [-0.39, 0.29) is 6.04 Å². The summed E-state index contributed by atoms with van der Waals surface area (Å²) in [6.07, 6.45) is 6.03. The minimum absolute atomic E-state index is 0.162. The molecule has 0 radical (unpaired) electrons. The number of rotatable bonds is 7. The molecular formula is C26H29N3O2. The van der Waals surface area contributed by atoms with Gasteiger partial charge in [0.2, 0.25) is 6.41 Å². The number of aromatic nitrogens is 1. The number of anilines is 1. The smallest absolute Gasteiger partial charge is 0.211 e. The first-order valence-corrected chi connectivity index (χ1v) is 10.7. The summed E-state index contributed by atoms with van der Waals surface area (Å²) < 4.78 is 6.16. The maximum atomic E-state index is 11.2. The summed E-state index contributed by atoms with van der Waals surface area (Å²) >= 11 is 0. The molecule has 1 amide bonds. The summed E-state index contributed by atoms with van der Waals surface area (Å²) in [5.41, 5.74) is 8.22. The van der Waals surface area contributed by atoms with Gasteiger partial charge in [0.15, 0.2) is 0 Å². The highest BCUT2D eigenvalue weighted by Gasteiger charge is 2.29. The van der Waals surface area contributed by atoms with Gasteiger partial charge in [0, 0.05) is 25.4 Å². The van der Waals surface area contributed by atoms with E-state index >= 15 is 0 Å². The van der Waals surface area contributed by atoms with Crippen molar-refractivity contribution >= 4 is 12.1 Å². The van der Waals surface area contributed by atoms with Crippen LogP contribution in [0.3, 0.4) is 0 Å². The topological polar surface area (TPSA) is 54.5 Å². The zero-order valence-corrected chi connectivity index (χ0v) is 18.4. The first-order chi connectivity index (χ1) is 15.1. The van der Waals surface area contributed by atoms with Crippen molar-refractivity contribution in [3.8, 4) is 5.75 Å². The Bertz CT molecular complexity index is 1070. The quantitative estimate of drug-likeness (QED) is 0.579. The standard InChI is InChI=1S/C26H29N3O2/c1-18-6-7-22(19(2)13-18)26-23-15-25(31-12-9-20-5-4-10-27-16-20)24(28-17-30)14-21(23)8-11-29(26)3/h4-7,10,13-17,26H,8-9,11-12H2,1-3H3,(H,28,30). The Morgan fingerprint density at radius 2 is 2.06 bits per heavy atom. The number of nitrogens with zero attached hydrogens (tertiary/aromatic N) is 2. The SMILES string of the molecule is Cc1ccc(C2c3cc(OCCc4cccnc4)c(NC=O)cc3CCN2C)c(C)c1. The predicted octanol–water partition coefficient (Wildman–Crippen LogP) is 4.47. The van der Waals surface area contributed by atoms with Crippen molar-refractivity contribution in [1.29, 1.82) is 0 Å². The second-order valence-corrected chi connectivity index (χ2v) is 8.26. The van der Waals surface area contributed by atoms with Crippen molar-refractivity contribution in [3.63, 3.8) is 0 Å². The van der Waals surface area contributed by atoms with Gasteiger partial charge in [0.1, 0.15) is 5.75 Å². The predicted molar refractivity (Wildman–Crippen MR) is 124 cm³/mol. The fourth-order valence-electron chi connectivity index (χ4n) is 4.43. The molecule has 4 rings (SSSR count). The van der Waals surface area contributed by atoms with Gasteiger partial charge in [0.05, 0.1) is 18.3 Å². The van der Waals surface area contributed by atoms with Gasteiger partial charge in [-0.2, -0.15) is 0 Å². The zero-order valence-electron chi connectivity index (χ0n) is 18.4. The van der Waals surface area contributed by atoms with Crippen LogP contribution in [0.4, 0.5) is 5.69 Å². The second-order valence-electron chi connectivity index (χ2n) is 8.26. The monoisotopic (exact) mass is 415 g/mol. The minimum atomic E-state index is 0.162. The Labute approximate surface area is 184 Å². The lowest BCUT2D eigenvalue weighted by molar-refractivity contribution is -0.105. The van der Waals surface area contributed by atoms with Crippen molar-refractivity contribution in [1.82, 2.24) is 9.88 Å². The second kappa shape index (κ2) is 9.31. The molecule has 1 atom stereocenters. The zero-order chi connectivity index (χ0) is 21.8. The van der Waals surface area contributed by atoms with Crippen molar-refractivity contribution < 1.29 is 9.53 Å². The number of pyridine rings is 1. The van der Waals surface area contributed by atoms with Crippen molar-refractivity contribution in [2.75, 3.05) is 25.5 Å². The lowest BCUT2D eigenvalue weighted by Crippen LogP contribution is -2.33. The van der Waals surface area contributed by atoms with Crippen LogP contribution in [0.2, 0.25) is 0 Å². The van der Waals surface area contributed by atoms with Crippen LogP contribution in [-0.2, 0) is 17.6 Å². The summed E-state index contributed by atoms with van der Waals surface area (Å²) in [5.74, 6) is 0.708. The lowest BCUT2D eigenvalue weighted by atomic mass is 9.86. The van der Waals surface area contributed by atoms with E-state index in [1.165, 1.54) is 27.8 Å². The molecule has 0 fully saturated rings. The number of hydrogen-bond donors (Lipinski definition) is 1. The number of carbonyl (C=O) groups excluding carboxylic acids is 1. The molecule has 0 saturated carbocycles. The normalized spacial score (nSPS) is 15.9. The van der Waals surface area contributed by atoms with Crippen LogP contribution in [-0.4, -0.2) is 36.5 Å². The summed E-state index contributed by atoms with van der Waals surface area (Å²) in [7, 11) is 2.17. The van der Waals surface area contributed by atoms with Crippen LogP contribution >= 0.6 is 0 Å². The maximum Gasteiger partial charge on any atom is 0.211 e. The number of aryl methyl sites for hydroxylation is 2. The number of carbonyl (C=O) groups is 1. The molecule has 2 heterocycles. The molecule has 0 spiro atoms. The molecule has 1 aliphatic heterocycles. The van der Waals surface area contributed by atoms with E-state index in [4.69, 9.17) is 4.74 Å². The molecule has 1 unspecified atom stereocenters. The van der Waals surface area contributed by atoms with Crippen LogP contribution < -0.4 is 10.1 Å². The van der Waals surface area contributed by atoms with Gasteiger partial charge in [-0.25, -0.2) is 0 Å². The minimum Gasteiger partial charge on any atom is -0.491 e. The maximum absolute atomic E-state index is 11.2. The highest BCUT2D eigenvalue weighted by atomic mass is 16.5. The van der Waals surface area contributed by atoms with Crippen LogP contribution in [0.25, 0.3) is 0 Å². The molecular weight excluding hydrogens is 386 g/mol. The first kappa shape index (κ1) is 21.1. The van der Waals surface area contributed by atoms with Gasteiger partial charge in [0.25, 0.3) is 0 Å². The van der Waals surface area contributed by atoms with E-state index in [0.29, 0.717) is 18.8 Å². The molecule has 1 N–H and O–H groups in total. The first-order valence-electron chi connectivity index (χ1n) is 10.7.